The summed E-state index contributed by atoms with van der Waals surface area (Å²) in [6, 6.07) is 15.2. The number of hydrogen-bond acceptors (Lipinski definition) is 4. The number of carbonyl (C=O) groups is 3. The van der Waals surface area contributed by atoms with Gasteiger partial charge >= 0.3 is 12.1 Å². The van der Waals surface area contributed by atoms with Gasteiger partial charge in [0.1, 0.15) is 18.2 Å². The summed E-state index contributed by atoms with van der Waals surface area (Å²) in [5.41, 5.74) is 3.23. The van der Waals surface area contributed by atoms with E-state index < -0.39 is 29.6 Å². The van der Waals surface area contributed by atoms with Crippen molar-refractivity contribution >= 4 is 18.0 Å². The number of carboxylic acids is 1. The lowest BCUT2D eigenvalue weighted by atomic mass is 9.97. The van der Waals surface area contributed by atoms with Crippen molar-refractivity contribution in [2.45, 2.75) is 50.1 Å². The Balaban J connectivity index is 1.36. The summed E-state index contributed by atoms with van der Waals surface area (Å²) in [4.78, 5) is 36.5. The highest BCUT2D eigenvalue weighted by Crippen LogP contribution is 2.44. The van der Waals surface area contributed by atoms with E-state index in [1.807, 2.05) is 36.4 Å². The van der Waals surface area contributed by atoms with Gasteiger partial charge in [0.15, 0.2) is 0 Å². The van der Waals surface area contributed by atoms with E-state index in [2.05, 4.69) is 22.8 Å². The van der Waals surface area contributed by atoms with Crippen molar-refractivity contribution < 1.29 is 24.2 Å². The molecule has 7 nitrogen and oxygen atoms in total. The van der Waals surface area contributed by atoms with Crippen LogP contribution in [0.2, 0.25) is 0 Å². The molecule has 0 bridgehead atoms. The Morgan fingerprint density at radius 3 is 2.13 bits per heavy atom. The fraction of sp³-hybridized carbons (Fsp3) is 0.375. The minimum Gasteiger partial charge on any atom is -0.480 e. The van der Waals surface area contributed by atoms with Gasteiger partial charge in [-0.15, -0.1) is 0 Å². The Morgan fingerprint density at radius 2 is 1.58 bits per heavy atom. The van der Waals surface area contributed by atoms with Gasteiger partial charge in [-0.05, 0) is 42.0 Å². The highest BCUT2D eigenvalue weighted by molar-refractivity contribution is 5.91. The standard InChI is InChI=1S/C24H26N2O5/c1-15(21(27)26-24(22(28)29)12-6-7-13-24)25-23(30)31-14-20-18-10-4-2-8-16(18)17-9-3-5-11-19(17)20/h2-5,8-11,15,20H,6-7,12-14H2,1H3,(H,25,30)(H,26,27)(H,28,29)/t15-/m1/s1. The first-order valence-corrected chi connectivity index (χ1v) is 10.6. The normalized spacial score (nSPS) is 17.3. The maximum atomic E-state index is 12.5. The van der Waals surface area contributed by atoms with Crippen molar-refractivity contribution in [2.24, 2.45) is 0 Å². The van der Waals surface area contributed by atoms with E-state index in [0.717, 1.165) is 35.1 Å². The van der Waals surface area contributed by atoms with Crippen molar-refractivity contribution in [3.63, 3.8) is 0 Å². The Kier molecular flexibility index (Phi) is 5.67. The molecule has 1 saturated carbocycles. The zero-order valence-electron chi connectivity index (χ0n) is 17.4. The lowest BCUT2D eigenvalue weighted by Crippen LogP contribution is -2.57. The first-order valence-electron chi connectivity index (χ1n) is 10.6. The predicted molar refractivity (Wildman–Crippen MR) is 115 cm³/mol. The number of amides is 2. The number of nitrogens with one attached hydrogen (secondary N) is 2. The van der Waals surface area contributed by atoms with Gasteiger partial charge in [-0.1, -0.05) is 61.4 Å². The van der Waals surface area contributed by atoms with Crippen molar-refractivity contribution in [3.05, 3.63) is 59.7 Å². The summed E-state index contributed by atoms with van der Waals surface area (Å²) in [6.07, 6.45) is 1.58. The van der Waals surface area contributed by atoms with Crippen LogP contribution in [0.15, 0.2) is 48.5 Å². The highest BCUT2D eigenvalue weighted by atomic mass is 16.5. The number of carboxylic acid groups (broad SMARTS) is 1. The molecule has 0 spiro atoms. The van der Waals surface area contributed by atoms with Gasteiger partial charge in [-0.2, -0.15) is 0 Å². The second kappa shape index (κ2) is 8.41. The molecule has 0 aliphatic heterocycles. The van der Waals surface area contributed by atoms with Crippen LogP contribution < -0.4 is 10.6 Å². The predicted octanol–water partition coefficient (Wildman–Crippen LogP) is 3.43. The molecular weight excluding hydrogens is 396 g/mol. The van der Waals surface area contributed by atoms with Gasteiger partial charge in [0.2, 0.25) is 5.91 Å². The molecule has 0 saturated heterocycles. The van der Waals surface area contributed by atoms with Crippen molar-refractivity contribution in [1.29, 1.82) is 0 Å². The van der Waals surface area contributed by atoms with Crippen LogP contribution in [-0.4, -0.2) is 41.3 Å². The van der Waals surface area contributed by atoms with Gasteiger partial charge in [0.25, 0.3) is 0 Å². The smallest absolute Gasteiger partial charge is 0.407 e. The molecule has 0 unspecified atom stereocenters. The summed E-state index contributed by atoms with van der Waals surface area (Å²) < 4.78 is 5.46. The monoisotopic (exact) mass is 422 g/mol. The van der Waals surface area contributed by atoms with Gasteiger partial charge in [-0.25, -0.2) is 9.59 Å². The fourth-order valence-corrected chi connectivity index (χ4v) is 4.60. The molecule has 0 radical (unpaired) electrons. The largest absolute Gasteiger partial charge is 0.480 e. The average molecular weight is 422 g/mol. The van der Waals surface area contributed by atoms with Crippen LogP contribution in [0.25, 0.3) is 11.1 Å². The Bertz CT molecular complexity index is 967. The number of carbonyl (C=O) groups excluding carboxylic acids is 2. The van der Waals surface area contributed by atoms with E-state index in [0.29, 0.717) is 12.8 Å². The minimum atomic E-state index is -1.24. The van der Waals surface area contributed by atoms with Crippen LogP contribution in [0.5, 0.6) is 0 Å². The molecule has 0 aromatic heterocycles. The maximum absolute atomic E-state index is 12.5. The third-order valence-corrected chi connectivity index (χ3v) is 6.30. The van der Waals surface area contributed by atoms with E-state index in [4.69, 9.17) is 4.74 Å². The lowest BCUT2D eigenvalue weighted by molar-refractivity contribution is -0.147. The average Bonchev–Trinajstić information content (AvgIpc) is 3.36. The Morgan fingerprint density at radius 1 is 1.03 bits per heavy atom. The number of ether oxygens (including phenoxy) is 1. The second-order valence-corrected chi connectivity index (χ2v) is 8.28. The van der Waals surface area contributed by atoms with E-state index >= 15 is 0 Å². The minimum absolute atomic E-state index is 0.0731. The van der Waals surface area contributed by atoms with Crippen molar-refractivity contribution in [1.82, 2.24) is 10.6 Å². The molecule has 162 valence electrons. The van der Waals surface area contributed by atoms with Gasteiger partial charge in [-0.3, -0.25) is 4.79 Å². The van der Waals surface area contributed by atoms with Crippen LogP contribution in [0.4, 0.5) is 4.79 Å². The van der Waals surface area contributed by atoms with Gasteiger partial charge in [0, 0.05) is 5.92 Å². The summed E-state index contributed by atoms with van der Waals surface area (Å²) >= 11 is 0. The molecule has 2 aromatic rings. The first kappa shape index (κ1) is 20.9. The maximum Gasteiger partial charge on any atom is 0.407 e. The van der Waals surface area contributed by atoms with E-state index in [1.165, 1.54) is 6.92 Å². The molecule has 2 amide bonds. The van der Waals surface area contributed by atoms with Gasteiger partial charge in [0.05, 0.1) is 0 Å². The molecule has 0 heterocycles. The molecule has 4 rings (SSSR count). The molecule has 2 aliphatic carbocycles. The number of alkyl carbamates (subject to hydrolysis) is 1. The molecule has 3 N–H and O–H groups in total. The number of hydrogen-bond donors (Lipinski definition) is 3. The van der Waals surface area contributed by atoms with Gasteiger partial charge < -0.3 is 20.5 Å². The van der Waals surface area contributed by atoms with E-state index in [1.54, 1.807) is 0 Å². The number of benzene rings is 2. The third kappa shape index (κ3) is 4.00. The van der Waals surface area contributed by atoms with Crippen LogP contribution in [-0.2, 0) is 14.3 Å². The molecule has 2 aliphatic rings. The summed E-state index contributed by atoms with van der Waals surface area (Å²) in [7, 11) is 0. The summed E-state index contributed by atoms with van der Waals surface area (Å²) in [6.45, 7) is 1.66. The number of rotatable bonds is 6. The number of fused-ring (bicyclic) bond motifs is 3. The SMILES string of the molecule is C[C@@H](NC(=O)OCC1c2ccccc2-c2ccccc21)C(=O)NC1(C(=O)O)CCCC1. The topological polar surface area (TPSA) is 105 Å². The van der Waals surface area contributed by atoms with E-state index in [9.17, 15) is 19.5 Å². The van der Waals surface area contributed by atoms with Crippen LogP contribution in [0.1, 0.15) is 49.7 Å². The molecular formula is C24H26N2O5. The van der Waals surface area contributed by atoms with Crippen molar-refractivity contribution in [2.75, 3.05) is 6.61 Å². The Labute approximate surface area is 180 Å². The summed E-state index contributed by atoms with van der Waals surface area (Å²) in [5, 5.41) is 14.6. The molecule has 1 fully saturated rings. The van der Waals surface area contributed by atoms with Crippen LogP contribution >= 0.6 is 0 Å². The van der Waals surface area contributed by atoms with Crippen LogP contribution in [0.3, 0.4) is 0 Å². The zero-order valence-corrected chi connectivity index (χ0v) is 17.4. The fourth-order valence-electron chi connectivity index (χ4n) is 4.60. The lowest BCUT2D eigenvalue weighted by Gasteiger charge is -2.27. The first-order chi connectivity index (χ1) is 14.9. The third-order valence-electron chi connectivity index (χ3n) is 6.30. The Hall–Kier alpha value is -3.35. The quantitative estimate of drug-likeness (QED) is 0.662. The molecule has 7 heteroatoms. The highest BCUT2D eigenvalue weighted by Gasteiger charge is 2.43. The van der Waals surface area contributed by atoms with Crippen molar-refractivity contribution in [3.8, 4) is 11.1 Å². The molecule has 31 heavy (non-hydrogen) atoms. The van der Waals surface area contributed by atoms with Crippen LogP contribution in [0, 0.1) is 0 Å². The number of aliphatic carboxylic acids is 1. The molecule has 2 aromatic carbocycles. The summed E-state index contributed by atoms with van der Waals surface area (Å²) in [5.74, 6) is -1.64. The molecule has 1 atom stereocenters. The van der Waals surface area contributed by atoms with E-state index in [-0.39, 0.29) is 12.5 Å². The second-order valence-electron chi connectivity index (χ2n) is 8.28. The zero-order chi connectivity index (χ0) is 22.0.